The Morgan fingerprint density at radius 2 is 1.93 bits per heavy atom. The van der Waals surface area contributed by atoms with Crippen LogP contribution in [0.1, 0.15) is 36.8 Å². The molecule has 2 aromatic carbocycles. The molecule has 1 spiro atoms. The number of H-pyrrole nitrogens is 1. The molecule has 2 saturated carbocycles. The quantitative estimate of drug-likeness (QED) is 0.516. The largest absolute Gasteiger partial charge is 0.392 e. The summed E-state index contributed by atoms with van der Waals surface area (Å²) in [5, 5.41) is 17.3. The fourth-order valence-electron chi connectivity index (χ4n) is 5.12. The number of amides is 1. The fraction of sp³-hybridized carbons (Fsp3) is 0.375. The van der Waals surface area contributed by atoms with Crippen LogP contribution in [0.5, 0.6) is 0 Å². The van der Waals surface area contributed by atoms with Crippen LogP contribution < -0.4 is 10.6 Å². The average Bonchev–Trinajstić information content (AvgIpc) is 3.13. The minimum absolute atomic E-state index is 0.0601. The summed E-state index contributed by atoms with van der Waals surface area (Å²) in [6.45, 7) is 0.832. The first-order valence-electron chi connectivity index (χ1n) is 10.4. The zero-order valence-electron chi connectivity index (χ0n) is 16.4. The first-order valence-corrected chi connectivity index (χ1v) is 10.4. The van der Waals surface area contributed by atoms with Crippen LogP contribution in [-0.4, -0.2) is 22.0 Å². The summed E-state index contributed by atoms with van der Waals surface area (Å²) < 4.78 is 0. The third-order valence-corrected chi connectivity index (χ3v) is 6.75. The lowest BCUT2D eigenvalue weighted by molar-refractivity contribution is -0.133. The minimum Gasteiger partial charge on any atom is -0.392 e. The number of carbonyl (C=O) groups excluding carboxylic acids is 1. The minimum atomic E-state index is -0.0601. The Bertz CT molecular complexity index is 1030. The summed E-state index contributed by atoms with van der Waals surface area (Å²) in [6, 6.07) is 16.7. The van der Waals surface area contributed by atoms with Crippen LogP contribution in [0.3, 0.4) is 0 Å². The third-order valence-electron chi connectivity index (χ3n) is 6.75. The Hall–Kier alpha value is -2.63. The highest BCUT2D eigenvalue weighted by molar-refractivity contribution is 5.94. The van der Waals surface area contributed by atoms with Crippen molar-refractivity contribution in [1.29, 1.82) is 0 Å². The van der Waals surface area contributed by atoms with E-state index in [1.165, 1.54) is 16.5 Å². The number of fused-ring (bicyclic) bond motifs is 1. The Labute approximate surface area is 170 Å². The van der Waals surface area contributed by atoms with Gasteiger partial charge in [0.05, 0.1) is 6.61 Å². The van der Waals surface area contributed by atoms with Crippen LogP contribution in [0.25, 0.3) is 10.9 Å². The highest BCUT2D eigenvalue weighted by Gasteiger charge is 2.54. The number of aromatic nitrogens is 1. The second-order valence-electron chi connectivity index (χ2n) is 8.80. The predicted molar refractivity (Wildman–Crippen MR) is 114 cm³/mol. The molecule has 3 aromatic rings. The molecule has 5 heteroatoms. The van der Waals surface area contributed by atoms with Crippen molar-refractivity contribution in [2.24, 2.45) is 11.3 Å². The van der Waals surface area contributed by atoms with E-state index in [2.05, 4.69) is 39.9 Å². The molecule has 5 rings (SSSR count). The third kappa shape index (κ3) is 3.56. The number of para-hydroxylation sites is 1. The fourth-order valence-corrected chi connectivity index (χ4v) is 5.12. The van der Waals surface area contributed by atoms with Crippen molar-refractivity contribution < 1.29 is 9.90 Å². The van der Waals surface area contributed by atoms with Gasteiger partial charge in [-0.3, -0.25) is 4.79 Å². The molecule has 1 amide bonds. The number of rotatable bonds is 6. The summed E-state index contributed by atoms with van der Waals surface area (Å²) in [6.07, 6.45) is 6.26. The normalized spacial score (nSPS) is 25.6. The lowest BCUT2D eigenvalue weighted by atomic mass is 9.50. The van der Waals surface area contributed by atoms with Gasteiger partial charge in [-0.05, 0) is 66.3 Å². The van der Waals surface area contributed by atoms with E-state index < -0.39 is 0 Å². The Morgan fingerprint density at radius 1 is 1.10 bits per heavy atom. The van der Waals surface area contributed by atoms with Crippen molar-refractivity contribution >= 4 is 22.5 Å². The van der Waals surface area contributed by atoms with Crippen LogP contribution >= 0.6 is 0 Å². The average molecular weight is 389 g/mol. The van der Waals surface area contributed by atoms with Crippen molar-refractivity contribution in [3.63, 3.8) is 0 Å². The van der Waals surface area contributed by atoms with Crippen LogP contribution in [0.4, 0.5) is 5.69 Å². The maximum absolute atomic E-state index is 12.6. The first kappa shape index (κ1) is 18.4. The van der Waals surface area contributed by atoms with Gasteiger partial charge in [0.15, 0.2) is 0 Å². The van der Waals surface area contributed by atoms with Gasteiger partial charge in [-0.1, -0.05) is 24.3 Å². The molecule has 0 atom stereocenters. The maximum atomic E-state index is 12.6. The van der Waals surface area contributed by atoms with Gasteiger partial charge in [0, 0.05) is 41.5 Å². The molecule has 0 unspecified atom stereocenters. The number of nitrogens with one attached hydrogen (secondary N) is 3. The van der Waals surface area contributed by atoms with E-state index in [0.717, 1.165) is 43.5 Å². The second-order valence-corrected chi connectivity index (χ2v) is 8.80. The van der Waals surface area contributed by atoms with E-state index in [0.29, 0.717) is 11.5 Å². The summed E-state index contributed by atoms with van der Waals surface area (Å²) in [7, 11) is 0. The van der Waals surface area contributed by atoms with Crippen molar-refractivity contribution in [2.45, 2.75) is 44.9 Å². The van der Waals surface area contributed by atoms with Crippen molar-refractivity contribution in [1.82, 2.24) is 10.3 Å². The first-order chi connectivity index (χ1) is 14.1. The number of anilines is 1. The van der Waals surface area contributed by atoms with Crippen LogP contribution in [0.2, 0.25) is 0 Å². The molecule has 0 aliphatic heterocycles. The molecule has 0 bridgehead atoms. The van der Waals surface area contributed by atoms with Crippen LogP contribution in [0.15, 0.2) is 54.7 Å². The Kier molecular flexibility index (Phi) is 4.64. The van der Waals surface area contributed by atoms with E-state index >= 15 is 0 Å². The van der Waals surface area contributed by atoms with Crippen molar-refractivity contribution in [2.75, 3.05) is 5.32 Å². The van der Waals surface area contributed by atoms with E-state index in [-0.39, 0.29) is 18.4 Å². The summed E-state index contributed by atoms with van der Waals surface area (Å²) in [4.78, 5) is 15.8. The summed E-state index contributed by atoms with van der Waals surface area (Å²) in [5.74, 6) is 0.187. The monoisotopic (exact) mass is 389 g/mol. The highest BCUT2D eigenvalue weighted by atomic mass is 16.3. The van der Waals surface area contributed by atoms with Crippen molar-refractivity contribution in [3.8, 4) is 0 Å². The number of aromatic amines is 1. The van der Waals surface area contributed by atoms with E-state index in [4.69, 9.17) is 0 Å². The van der Waals surface area contributed by atoms with Gasteiger partial charge in [0.25, 0.3) is 0 Å². The smallest absolute Gasteiger partial charge is 0.227 e. The van der Waals surface area contributed by atoms with E-state index in [1.807, 2.05) is 30.5 Å². The number of hydrogen-bond donors (Lipinski definition) is 4. The number of carbonyl (C=O) groups is 1. The van der Waals surface area contributed by atoms with Gasteiger partial charge in [0.2, 0.25) is 5.91 Å². The molecule has 1 aromatic heterocycles. The zero-order valence-corrected chi connectivity index (χ0v) is 16.4. The number of benzene rings is 2. The molecule has 1 heterocycles. The van der Waals surface area contributed by atoms with E-state index in [1.54, 1.807) is 0 Å². The SMILES string of the molecule is O=C(Nc1ccccc1CO)C1CC2(CC(NCc3ccc4[nH]ccc4c3)C2)C1. The van der Waals surface area contributed by atoms with Crippen molar-refractivity contribution in [3.05, 3.63) is 65.9 Å². The highest BCUT2D eigenvalue weighted by Crippen LogP contribution is 2.58. The van der Waals surface area contributed by atoms with Gasteiger partial charge < -0.3 is 20.7 Å². The molecule has 4 N–H and O–H groups in total. The number of aliphatic hydroxyl groups excluding tert-OH is 1. The predicted octanol–water partition coefficient (Wildman–Crippen LogP) is 3.95. The van der Waals surface area contributed by atoms with Gasteiger partial charge in [-0.2, -0.15) is 0 Å². The zero-order chi connectivity index (χ0) is 19.8. The van der Waals surface area contributed by atoms with Gasteiger partial charge in [0.1, 0.15) is 0 Å². The lowest BCUT2D eigenvalue weighted by Crippen LogP contribution is -2.56. The molecule has 29 heavy (non-hydrogen) atoms. The number of aliphatic hydroxyl groups is 1. The summed E-state index contributed by atoms with van der Waals surface area (Å²) >= 11 is 0. The van der Waals surface area contributed by atoms with E-state index in [9.17, 15) is 9.90 Å². The molecule has 0 saturated heterocycles. The van der Waals surface area contributed by atoms with Crippen LogP contribution in [0, 0.1) is 11.3 Å². The Morgan fingerprint density at radius 3 is 2.76 bits per heavy atom. The lowest BCUT2D eigenvalue weighted by Gasteiger charge is -2.57. The molecular weight excluding hydrogens is 362 g/mol. The molecule has 150 valence electrons. The standard InChI is InChI=1S/C24H27N3O2/c28-15-18-3-1-2-4-22(18)27-23(29)19-10-24(11-19)12-20(13-24)26-14-16-5-6-21-17(9-16)7-8-25-21/h1-9,19-20,25-26,28H,10-15H2,(H,27,29). The Balaban J connectivity index is 1.08. The molecule has 5 nitrogen and oxygen atoms in total. The van der Waals surface area contributed by atoms with Gasteiger partial charge in [-0.25, -0.2) is 0 Å². The number of hydrogen-bond acceptors (Lipinski definition) is 3. The molecule has 2 aliphatic carbocycles. The van der Waals surface area contributed by atoms with Crippen LogP contribution in [-0.2, 0) is 17.9 Å². The topological polar surface area (TPSA) is 77.2 Å². The van der Waals surface area contributed by atoms with Gasteiger partial charge in [-0.15, -0.1) is 0 Å². The molecule has 2 aliphatic rings. The molecule has 0 radical (unpaired) electrons. The molecular formula is C24H27N3O2. The maximum Gasteiger partial charge on any atom is 0.227 e. The van der Waals surface area contributed by atoms with Gasteiger partial charge >= 0.3 is 0 Å². The molecule has 2 fully saturated rings. The second kappa shape index (κ2) is 7.32. The summed E-state index contributed by atoms with van der Waals surface area (Å²) in [5.41, 5.74) is 4.35.